The maximum absolute atomic E-state index is 12.9. The van der Waals surface area contributed by atoms with Crippen LogP contribution in [-0.2, 0) is 17.4 Å². The number of ether oxygens (including phenoxy) is 2. The molecule has 0 N–H and O–H groups in total. The number of alkyl halides is 3. The molecule has 3 nitrogen and oxygen atoms in total. The molecule has 0 radical (unpaired) electrons. The van der Waals surface area contributed by atoms with Crippen LogP contribution < -0.4 is 9.47 Å². The van der Waals surface area contributed by atoms with E-state index in [1.54, 1.807) is 0 Å². The molecule has 1 heterocycles. The first-order valence-corrected chi connectivity index (χ1v) is 5.87. The van der Waals surface area contributed by atoms with Gasteiger partial charge in [0.1, 0.15) is 11.3 Å². The fraction of sp³-hybridized carbons (Fsp3) is 0.462. The van der Waals surface area contributed by atoms with Crippen LogP contribution in [0.15, 0.2) is 12.1 Å². The van der Waals surface area contributed by atoms with Crippen molar-refractivity contribution in [2.24, 2.45) is 0 Å². The second-order valence-electron chi connectivity index (χ2n) is 4.36. The van der Waals surface area contributed by atoms with Gasteiger partial charge in [0.05, 0.1) is 13.2 Å². The van der Waals surface area contributed by atoms with Gasteiger partial charge in [-0.25, -0.2) is 0 Å². The van der Waals surface area contributed by atoms with Crippen molar-refractivity contribution in [1.82, 2.24) is 0 Å². The van der Waals surface area contributed by atoms with Gasteiger partial charge in [-0.2, -0.15) is 13.2 Å². The molecule has 1 aromatic carbocycles. The molecule has 0 spiro atoms. The summed E-state index contributed by atoms with van der Waals surface area (Å²) in [6.45, 7) is 1.82. The van der Waals surface area contributed by atoms with E-state index in [4.69, 9.17) is 9.47 Å². The highest BCUT2D eigenvalue weighted by atomic mass is 19.4. The zero-order valence-corrected chi connectivity index (χ0v) is 10.3. The molecule has 0 amide bonds. The number of fused-ring (bicyclic) bond motifs is 1. The summed E-state index contributed by atoms with van der Waals surface area (Å²) in [5.74, 6) is -0.402. The summed E-state index contributed by atoms with van der Waals surface area (Å²) in [6, 6.07) is 2.21. The average Bonchev–Trinajstić information content (AvgIpc) is 2.52. The Kier molecular flexibility index (Phi) is 3.68. The van der Waals surface area contributed by atoms with Gasteiger partial charge in [0.25, 0.3) is 0 Å². The Morgan fingerprint density at radius 3 is 2.42 bits per heavy atom. The van der Waals surface area contributed by atoms with Crippen LogP contribution in [-0.4, -0.2) is 19.0 Å². The highest BCUT2D eigenvalue weighted by molar-refractivity contribution is 5.79. The average molecular weight is 274 g/mol. The van der Waals surface area contributed by atoms with Crippen molar-refractivity contribution in [1.29, 1.82) is 0 Å². The van der Waals surface area contributed by atoms with E-state index in [2.05, 4.69) is 0 Å². The summed E-state index contributed by atoms with van der Waals surface area (Å²) >= 11 is 0. The monoisotopic (exact) mass is 274 g/mol. The number of hydrogen-bond acceptors (Lipinski definition) is 3. The maximum Gasteiger partial charge on any atom is 0.420 e. The van der Waals surface area contributed by atoms with Gasteiger partial charge in [-0.05, 0) is 13.0 Å². The van der Waals surface area contributed by atoms with E-state index in [9.17, 15) is 18.0 Å². The van der Waals surface area contributed by atoms with Crippen LogP contribution in [0.4, 0.5) is 13.2 Å². The first-order chi connectivity index (χ1) is 8.89. The van der Waals surface area contributed by atoms with E-state index in [0.29, 0.717) is 12.0 Å². The molecule has 0 aliphatic carbocycles. The Labute approximate surface area is 108 Å². The quantitative estimate of drug-likeness (QED) is 0.831. The predicted octanol–water partition coefficient (Wildman–Crippen LogP) is 3.00. The summed E-state index contributed by atoms with van der Waals surface area (Å²) in [4.78, 5) is 11.1. The van der Waals surface area contributed by atoms with Gasteiger partial charge in [0, 0.05) is 18.4 Å². The van der Waals surface area contributed by atoms with Crippen LogP contribution in [0.25, 0.3) is 0 Å². The van der Waals surface area contributed by atoms with E-state index in [1.807, 2.05) is 0 Å². The Balaban J connectivity index is 2.54. The third-order valence-corrected chi connectivity index (χ3v) is 2.72. The summed E-state index contributed by atoms with van der Waals surface area (Å²) in [7, 11) is 0. The third kappa shape index (κ3) is 3.00. The number of ketones is 1. The molecule has 0 fully saturated rings. The third-order valence-electron chi connectivity index (χ3n) is 2.72. The molecule has 1 aliphatic heterocycles. The molecule has 6 heteroatoms. The number of halogens is 3. The minimum Gasteiger partial charge on any atom is -0.489 e. The van der Waals surface area contributed by atoms with Crippen molar-refractivity contribution in [2.75, 3.05) is 13.2 Å². The summed E-state index contributed by atoms with van der Waals surface area (Å²) in [6.07, 6.45) is -3.97. The van der Waals surface area contributed by atoms with E-state index >= 15 is 0 Å². The highest BCUT2D eigenvalue weighted by Crippen LogP contribution is 2.44. The van der Waals surface area contributed by atoms with E-state index in [0.717, 1.165) is 6.07 Å². The molecule has 0 unspecified atom stereocenters. The SMILES string of the molecule is CC(=O)Cc1ccc(C(F)(F)F)c2c1OCCCO2. The number of rotatable bonds is 2. The summed E-state index contributed by atoms with van der Waals surface area (Å²) in [5, 5.41) is 0. The molecule has 19 heavy (non-hydrogen) atoms. The van der Waals surface area contributed by atoms with Gasteiger partial charge in [0.2, 0.25) is 0 Å². The van der Waals surface area contributed by atoms with Crippen molar-refractivity contribution in [2.45, 2.75) is 25.9 Å². The number of carbonyl (C=O) groups excluding carboxylic acids is 1. The van der Waals surface area contributed by atoms with Crippen molar-refractivity contribution in [3.63, 3.8) is 0 Å². The van der Waals surface area contributed by atoms with Crippen molar-refractivity contribution < 1.29 is 27.4 Å². The maximum atomic E-state index is 12.9. The Bertz CT molecular complexity index is 495. The molecule has 1 aromatic rings. The van der Waals surface area contributed by atoms with Gasteiger partial charge < -0.3 is 9.47 Å². The lowest BCUT2D eigenvalue weighted by Crippen LogP contribution is -2.10. The molecular weight excluding hydrogens is 261 g/mol. The largest absolute Gasteiger partial charge is 0.489 e. The minimum absolute atomic E-state index is 0.0316. The van der Waals surface area contributed by atoms with Crippen LogP contribution in [0.2, 0.25) is 0 Å². The number of carbonyl (C=O) groups is 1. The van der Waals surface area contributed by atoms with Crippen LogP contribution in [0.3, 0.4) is 0 Å². The number of benzene rings is 1. The van der Waals surface area contributed by atoms with Gasteiger partial charge in [-0.3, -0.25) is 4.79 Å². The molecule has 0 atom stereocenters. The van der Waals surface area contributed by atoms with Gasteiger partial charge in [-0.1, -0.05) is 6.07 Å². The van der Waals surface area contributed by atoms with E-state index in [1.165, 1.54) is 13.0 Å². The summed E-state index contributed by atoms with van der Waals surface area (Å²) < 4.78 is 49.2. The van der Waals surface area contributed by atoms with Crippen LogP contribution in [0.1, 0.15) is 24.5 Å². The van der Waals surface area contributed by atoms with Crippen LogP contribution in [0, 0.1) is 0 Å². The fourth-order valence-corrected chi connectivity index (χ4v) is 1.94. The summed E-state index contributed by atoms with van der Waals surface area (Å²) in [5.41, 5.74) is -0.436. The number of Topliss-reactive ketones (excluding diaryl/α,β-unsaturated/α-hetero) is 1. The lowest BCUT2D eigenvalue weighted by molar-refractivity contribution is -0.139. The molecular formula is C13H13F3O3. The van der Waals surface area contributed by atoms with E-state index in [-0.39, 0.29) is 36.9 Å². The highest BCUT2D eigenvalue weighted by Gasteiger charge is 2.37. The van der Waals surface area contributed by atoms with Gasteiger partial charge in [0.15, 0.2) is 11.5 Å². The standard InChI is InChI=1S/C13H13F3O3/c1-8(17)7-9-3-4-10(13(14,15)16)12-11(9)18-5-2-6-19-12/h3-4H,2,5-7H2,1H3. The first kappa shape index (κ1) is 13.7. The van der Waals surface area contributed by atoms with Crippen LogP contribution >= 0.6 is 0 Å². The van der Waals surface area contributed by atoms with E-state index < -0.39 is 11.7 Å². The fourth-order valence-electron chi connectivity index (χ4n) is 1.94. The van der Waals surface area contributed by atoms with Gasteiger partial charge >= 0.3 is 6.18 Å². The molecule has 0 saturated heterocycles. The smallest absolute Gasteiger partial charge is 0.420 e. The minimum atomic E-state index is -4.51. The van der Waals surface area contributed by atoms with Crippen molar-refractivity contribution >= 4 is 5.78 Å². The zero-order valence-electron chi connectivity index (χ0n) is 10.3. The molecule has 2 rings (SSSR count). The number of hydrogen-bond donors (Lipinski definition) is 0. The Hall–Kier alpha value is -1.72. The Morgan fingerprint density at radius 2 is 1.84 bits per heavy atom. The normalized spacial score (nSPS) is 14.9. The second-order valence-corrected chi connectivity index (χ2v) is 4.36. The predicted molar refractivity (Wildman–Crippen MR) is 61.4 cm³/mol. The van der Waals surface area contributed by atoms with Crippen molar-refractivity contribution in [3.05, 3.63) is 23.3 Å². The topological polar surface area (TPSA) is 35.5 Å². The lowest BCUT2D eigenvalue weighted by atomic mass is 10.0. The Morgan fingerprint density at radius 1 is 1.21 bits per heavy atom. The molecule has 0 bridgehead atoms. The van der Waals surface area contributed by atoms with Crippen molar-refractivity contribution in [3.8, 4) is 11.5 Å². The van der Waals surface area contributed by atoms with Gasteiger partial charge in [-0.15, -0.1) is 0 Å². The molecule has 0 aromatic heterocycles. The molecule has 1 aliphatic rings. The zero-order chi connectivity index (χ0) is 14.0. The first-order valence-electron chi connectivity index (χ1n) is 5.87. The molecule has 104 valence electrons. The lowest BCUT2D eigenvalue weighted by Gasteiger charge is -2.17. The second kappa shape index (κ2) is 5.11. The molecule has 0 saturated carbocycles. The van der Waals surface area contributed by atoms with Crippen LogP contribution in [0.5, 0.6) is 11.5 Å².